The Morgan fingerprint density at radius 2 is 2.00 bits per heavy atom. The molecule has 194 valence electrons. The number of nitrogen functional groups attached to an aromatic ring is 1. The van der Waals surface area contributed by atoms with Crippen LogP contribution in [0.15, 0.2) is 24.4 Å². The summed E-state index contributed by atoms with van der Waals surface area (Å²) in [5.41, 5.74) is 9.00. The SMILES string of the molecule is N#CC1CCCc2[nH]c3ncc(F)c(C4CCN(C(=O)c5ccc(OC(F)(F)F)cc5N)CC4)c3c2C1. The number of hydrogen-bond donors (Lipinski definition) is 2. The minimum absolute atomic E-state index is 0.0870. The zero-order valence-electron chi connectivity index (χ0n) is 19.9. The number of ether oxygens (including phenoxy) is 1. The van der Waals surface area contributed by atoms with Gasteiger partial charge in [-0.05, 0) is 62.1 Å². The number of pyridine rings is 1. The van der Waals surface area contributed by atoms with Gasteiger partial charge in [-0.3, -0.25) is 4.79 Å². The summed E-state index contributed by atoms with van der Waals surface area (Å²) in [6, 6.07) is 5.61. The zero-order valence-corrected chi connectivity index (χ0v) is 19.9. The average molecular weight is 516 g/mol. The van der Waals surface area contributed by atoms with E-state index in [0.29, 0.717) is 43.6 Å². The molecule has 0 saturated carbocycles. The van der Waals surface area contributed by atoms with Gasteiger partial charge in [0.05, 0.1) is 23.7 Å². The molecule has 2 aliphatic rings. The van der Waals surface area contributed by atoms with Crippen molar-refractivity contribution in [3.63, 3.8) is 0 Å². The van der Waals surface area contributed by atoms with Crippen LogP contribution in [0.5, 0.6) is 5.75 Å². The lowest BCUT2D eigenvalue weighted by atomic mass is 9.85. The molecular formula is C26H25F4N5O2. The molecule has 37 heavy (non-hydrogen) atoms. The number of likely N-dealkylation sites (tertiary alicyclic amines) is 1. The van der Waals surface area contributed by atoms with E-state index in [-0.39, 0.29) is 23.1 Å². The summed E-state index contributed by atoms with van der Waals surface area (Å²) in [4.78, 5) is 22.2. The Morgan fingerprint density at radius 3 is 2.68 bits per heavy atom. The number of fused-ring (bicyclic) bond motifs is 3. The van der Waals surface area contributed by atoms with Crippen molar-refractivity contribution in [2.24, 2.45) is 5.92 Å². The Balaban J connectivity index is 1.36. The second-order valence-corrected chi connectivity index (χ2v) is 9.61. The van der Waals surface area contributed by atoms with Crippen LogP contribution in [0.4, 0.5) is 23.2 Å². The minimum Gasteiger partial charge on any atom is -0.406 e. The fourth-order valence-electron chi connectivity index (χ4n) is 5.57. The molecule has 1 unspecified atom stereocenters. The number of nitrogens with zero attached hydrogens (tertiary/aromatic N) is 3. The molecule has 1 fully saturated rings. The second kappa shape index (κ2) is 9.57. The summed E-state index contributed by atoms with van der Waals surface area (Å²) < 4.78 is 56.5. The standard InChI is InChI=1S/C26H25F4N5O2/c27-19-13-33-24-23(18-10-14(12-31)2-1-3-21(18)34-24)22(19)15-6-8-35(9-7-15)25(36)17-5-4-16(11-20(17)32)37-26(28,29)30/h4-5,11,13-15H,1-3,6-10,32H2,(H,33,34). The number of anilines is 1. The van der Waals surface area contributed by atoms with Crippen molar-refractivity contribution in [3.05, 3.63) is 52.6 Å². The number of nitrogens with one attached hydrogen (secondary N) is 1. The van der Waals surface area contributed by atoms with Crippen LogP contribution in [0, 0.1) is 23.1 Å². The van der Waals surface area contributed by atoms with Gasteiger partial charge in [-0.2, -0.15) is 5.26 Å². The number of piperidine rings is 1. The maximum Gasteiger partial charge on any atom is 0.573 e. The number of amides is 1. The second-order valence-electron chi connectivity index (χ2n) is 9.61. The molecule has 0 radical (unpaired) electrons. The number of aryl methyl sites for hydroxylation is 1. The Hall–Kier alpha value is -3.81. The molecule has 1 saturated heterocycles. The number of halogens is 4. The summed E-state index contributed by atoms with van der Waals surface area (Å²) in [6.07, 6.45) is 0.366. The Kier molecular flexibility index (Phi) is 6.43. The van der Waals surface area contributed by atoms with E-state index in [0.717, 1.165) is 48.0 Å². The number of hydrogen-bond acceptors (Lipinski definition) is 5. The van der Waals surface area contributed by atoms with Crippen LogP contribution in [0.25, 0.3) is 11.0 Å². The van der Waals surface area contributed by atoms with Crippen LogP contribution in [0.2, 0.25) is 0 Å². The first-order valence-electron chi connectivity index (χ1n) is 12.2. The Labute approximate surface area is 210 Å². The van der Waals surface area contributed by atoms with Crippen molar-refractivity contribution in [1.82, 2.24) is 14.9 Å². The van der Waals surface area contributed by atoms with Crippen LogP contribution >= 0.6 is 0 Å². The number of aromatic amines is 1. The van der Waals surface area contributed by atoms with Gasteiger partial charge in [-0.25, -0.2) is 9.37 Å². The molecule has 7 nitrogen and oxygen atoms in total. The number of carbonyl (C=O) groups is 1. The van der Waals surface area contributed by atoms with E-state index in [2.05, 4.69) is 20.8 Å². The van der Waals surface area contributed by atoms with Crippen LogP contribution < -0.4 is 10.5 Å². The van der Waals surface area contributed by atoms with E-state index in [1.54, 1.807) is 4.90 Å². The average Bonchev–Trinajstić information content (AvgIpc) is 3.06. The number of rotatable bonds is 3. The topological polar surface area (TPSA) is 108 Å². The molecule has 1 atom stereocenters. The summed E-state index contributed by atoms with van der Waals surface area (Å²) in [6.45, 7) is 0.668. The number of H-pyrrole nitrogens is 1. The third-order valence-corrected chi connectivity index (χ3v) is 7.30. The van der Waals surface area contributed by atoms with E-state index >= 15 is 4.39 Å². The van der Waals surface area contributed by atoms with Crippen LogP contribution in [-0.2, 0) is 12.8 Å². The lowest BCUT2D eigenvalue weighted by Gasteiger charge is -2.33. The highest BCUT2D eigenvalue weighted by molar-refractivity contribution is 5.99. The number of alkyl halides is 3. The third kappa shape index (κ3) is 4.92. The number of benzene rings is 1. The maximum atomic E-state index is 15.2. The quantitative estimate of drug-likeness (QED) is 0.283. The molecule has 1 amide bonds. The van der Waals surface area contributed by atoms with Gasteiger partial charge < -0.3 is 20.4 Å². The van der Waals surface area contributed by atoms with Gasteiger partial charge in [0.15, 0.2) is 0 Å². The van der Waals surface area contributed by atoms with Gasteiger partial charge >= 0.3 is 6.36 Å². The van der Waals surface area contributed by atoms with E-state index in [4.69, 9.17) is 5.73 Å². The van der Waals surface area contributed by atoms with Crippen molar-refractivity contribution in [3.8, 4) is 11.8 Å². The number of carbonyl (C=O) groups excluding carboxylic acids is 1. The summed E-state index contributed by atoms with van der Waals surface area (Å²) in [5.74, 6) is -1.59. The maximum absolute atomic E-state index is 15.2. The summed E-state index contributed by atoms with van der Waals surface area (Å²) in [7, 11) is 0. The fourth-order valence-corrected chi connectivity index (χ4v) is 5.57. The molecule has 1 aliphatic carbocycles. The zero-order chi connectivity index (χ0) is 26.3. The lowest BCUT2D eigenvalue weighted by molar-refractivity contribution is -0.274. The molecule has 0 bridgehead atoms. The van der Waals surface area contributed by atoms with Gasteiger partial charge in [0, 0.05) is 41.5 Å². The number of aromatic nitrogens is 2. The Bertz CT molecular complexity index is 1390. The molecule has 1 aromatic carbocycles. The lowest BCUT2D eigenvalue weighted by Crippen LogP contribution is -2.38. The molecule has 11 heteroatoms. The van der Waals surface area contributed by atoms with Crippen LogP contribution in [0.3, 0.4) is 0 Å². The highest BCUT2D eigenvalue weighted by Crippen LogP contribution is 2.39. The molecule has 3 aromatic rings. The van der Waals surface area contributed by atoms with Gasteiger partial charge in [0.2, 0.25) is 0 Å². The normalized spacial score (nSPS) is 18.8. The van der Waals surface area contributed by atoms with Gasteiger partial charge in [0.25, 0.3) is 5.91 Å². The van der Waals surface area contributed by atoms with Crippen molar-refractivity contribution < 1.29 is 27.1 Å². The predicted molar refractivity (Wildman–Crippen MR) is 127 cm³/mol. The van der Waals surface area contributed by atoms with Gasteiger partial charge in [-0.15, -0.1) is 13.2 Å². The molecule has 3 heterocycles. The first-order valence-corrected chi connectivity index (χ1v) is 12.2. The third-order valence-electron chi connectivity index (χ3n) is 7.30. The monoisotopic (exact) mass is 515 g/mol. The van der Waals surface area contributed by atoms with E-state index in [1.165, 1.54) is 12.3 Å². The smallest absolute Gasteiger partial charge is 0.406 e. The highest BCUT2D eigenvalue weighted by atomic mass is 19.4. The molecular weight excluding hydrogens is 490 g/mol. The van der Waals surface area contributed by atoms with Crippen molar-refractivity contribution >= 4 is 22.6 Å². The first-order chi connectivity index (χ1) is 17.6. The fraction of sp³-hybridized carbons (Fsp3) is 0.423. The predicted octanol–water partition coefficient (Wildman–Crippen LogP) is 5.22. The van der Waals surface area contributed by atoms with Crippen molar-refractivity contribution in [1.29, 1.82) is 5.26 Å². The molecule has 2 aromatic heterocycles. The van der Waals surface area contributed by atoms with E-state index in [9.17, 15) is 23.2 Å². The first kappa shape index (κ1) is 24.9. The summed E-state index contributed by atoms with van der Waals surface area (Å²) >= 11 is 0. The van der Waals surface area contributed by atoms with Gasteiger partial charge in [0.1, 0.15) is 17.2 Å². The van der Waals surface area contributed by atoms with Crippen molar-refractivity contribution in [2.45, 2.75) is 50.8 Å². The molecule has 0 spiro atoms. The largest absolute Gasteiger partial charge is 0.573 e. The Morgan fingerprint density at radius 1 is 1.24 bits per heavy atom. The molecule has 5 rings (SSSR count). The van der Waals surface area contributed by atoms with Crippen molar-refractivity contribution in [2.75, 3.05) is 18.8 Å². The minimum atomic E-state index is -4.86. The molecule has 3 N–H and O–H groups in total. The summed E-state index contributed by atoms with van der Waals surface area (Å²) in [5, 5.41) is 10.3. The van der Waals surface area contributed by atoms with E-state index in [1.807, 2.05) is 0 Å². The number of nitrogens with two attached hydrogens (primary N) is 1. The van der Waals surface area contributed by atoms with Crippen LogP contribution in [0.1, 0.15) is 58.8 Å². The number of nitriles is 1. The molecule has 1 aliphatic heterocycles. The van der Waals surface area contributed by atoms with Crippen LogP contribution in [-0.4, -0.2) is 40.2 Å². The highest BCUT2D eigenvalue weighted by Gasteiger charge is 2.33. The van der Waals surface area contributed by atoms with Gasteiger partial charge in [-0.1, -0.05) is 0 Å². The van der Waals surface area contributed by atoms with E-state index < -0.39 is 23.8 Å².